The van der Waals surface area contributed by atoms with Crippen LogP contribution < -0.4 is 10.6 Å². The van der Waals surface area contributed by atoms with Crippen LogP contribution in [0.5, 0.6) is 0 Å². The first kappa shape index (κ1) is 13.8. The molecule has 1 aliphatic rings. The molecule has 8 nitrogen and oxygen atoms in total. The van der Waals surface area contributed by atoms with Gasteiger partial charge in [0.05, 0.1) is 4.92 Å². The Hall–Kier alpha value is -2.64. The van der Waals surface area contributed by atoms with E-state index in [2.05, 4.69) is 10.6 Å². The van der Waals surface area contributed by atoms with Gasteiger partial charge in [-0.1, -0.05) is 0 Å². The summed E-state index contributed by atoms with van der Waals surface area (Å²) in [4.78, 5) is 32.6. The van der Waals surface area contributed by atoms with Gasteiger partial charge in [-0.3, -0.25) is 14.9 Å². The number of piperidine rings is 1. The number of aromatic carboxylic acids is 1. The number of nitro benzene ring substituents is 1. The number of carbonyl (C=O) groups is 2. The molecule has 0 spiro atoms. The second kappa shape index (κ2) is 5.55. The standard InChI is InChI=1S/C12H13N3O5/c16-11-9(2-1-5-13-11)14-7-3-4-10(15(19)20)8(6-7)12(17)18/h3-4,6,9,14H,1-2,5H2,(H,13,16)(H,17,18). The Kier molecular flexibility index (Phi) is 3.83. The number of carboxylic acids is 1. The highest BCUT2D eigenvalue weighted by Crippen LogP contribution is 2.24. The van der Waals surface area contributed by atoms with E-state index >= 15 is 0 Å². The van der Waals surface area contributed by atoms with Crippen molar-refractivity contribution < 1.29 is 19.6 Å². The number of nitrogens with zero attached hydrogens (tertiary/aromatic N) is 1. The third-order valence-corrected chi connectivity index (χ3v) is 3.05. The predicted molar refractivity (Wildman–Crippen MR) is 69.7 cm³/mol. The first-order chi connectivity index (χ1) is 9.49. The van der Waals surface area contributed by atoms with Crippen LogP contribution in [0.25, 0.3) is 0 Å². The number of anilines is 1. The van der Waals surface area contributed by atoms with Gasteiger partial charge in [-0.25, -0.2) is 4.79 Å². The molecule has 0 bridgehead atoms. The molecule has 1 atom stereocenters. The molecule has 1 aromatic rings. The Morgan fingerprint density at radius 3 is 2.85 bits per heavy atom. The van der Waals surface area contributed by atoms with Gasteiger partial charge in [-0.2, -0.15) is 0 Å². The normalized spacial score (nSPS) is 18.2. The molecule has 2 rings (SSSR count). The maximum absolute atomic E-state index is 11.6. The maximum Gasteiger partial charge on any atom is 0.342 e. The molecule has 8 heteroatoms. The number of hydrogen-bond donors (Lipinski definition) is 3. The minimum Gasteiger partial charge on any atom is -0.477 e. The van der Waals surface area contributed by atoms with E-state index in [9.17, 15) is 19.7 Å². The molecular formula is C12H13N3O5. The number of carbonyl (C=O) groups excluding carboxylic acids is 1. The molecule has 106 valence electrons. The lowest BCUT2D eigenvalue weighted by molar-refractivity contribution is -0.385. The summed E-state index contributed by atoms with van der Waals surface area (Å²) in [5.41, 5.74) is -0.512. The first-order valence-corrected chi connectivity index (χ1v) is 6.05. The van der Waals surface area contributed by atoms with Crippen LogP contribution in [-0.2, 0) is 4.79 Å². The van der Waals surface area contributed by atoms with Gasteiger partial charge in [-0.15, -0.1) is 0 Å². The van der Waals surface area contributed by atoms with Gasteiger partial charge in [0.15, 0.2) is 0 Å². The van der Waals surface area contributed by atoms with Gasteiger partial charge in [0.25, 0.3) is 5.69 Å². The third-order valence-electron chi connectivity index (χ3n) is 3.05. The van der Waals surface area contributed by atoms with Crippen molar-refractivity contribution in [3.8, 4) is 0 Å². The Morgan fingerprint density at radius 2 is 2.25 bits per heavy atom. The second-order valence-corrected chi connectivity index (χ2v) is 4.42. The van der Waals surface area contributed by atoms with E-state index < -0.39 is 28.2 Å². The van der Waals surface area contributed by atoms with E-state index in [4.69, 9.17) is 5.11 Å². The zero-order valence-electron chi connectivity index (χ0n) is 10.5. The SMILES string of the molecule is O=C(O)c1cc(NC2CCCNC2=O)ccc1[N+](=O)[O-]. The zero-order valence-corrected chi connectivity index (χ0v) is 10.5. The summed E-state index contributed by atoms with van der Waals surface area (Å²) in [5, 5.41) is 25.3. The molecule has 0 saturated carbocycles. The minimum absolute atomic E-state index is 0.161. The highest BCUT2D eigenvalue weighted by atomic mass is 16.6. The lowest BCUT2D eigenvalue weighted by atomic mass is 10.1. The van der Waals surface area contributed by atoms with Crippen LogP contribution in [0.15, 0.2) is 18.2 Å². The van der Waals surface area contributed by atoms with Crippen LogP contribution in [0.3, 0.4) is 0 Å². The molecule has 1 fully saturated rings. The fraction of sp³-hybridized carbons (Fsp3) is 0.333. The molecule has 0 aromatic heterocycles. The van der Waals surface area contributed by atoms with Gasteiger partial charge in [0.1, 0.15) is 11.6 Å². The molecule has 1 saturated heterocycles. The van der Waals surface area contributed by atoms with E-state index in [0.29, 0.717) is 18.7 Å². The third kappa shape index (κ3) is 2.85. The minimum atomic E-state index is -1.38. The number of hydrogen-bond acceptors (Lipinski definition) is 5. The van der Waals surface area contributed by atoms with Gasteiger partial charge < -0.3 is 15.7 Å². The average Bonchev–Trinajstić information content (AvgIpc) is 2.41. The van der Waals surface area contributed by atoms with E-state index in [1.54, 1.807) is 0 Å². The smallest absolute Gasteiger partial charge is 0.342 e. The van der Waals surface area contributed by atoms with Crippen molar-refractivity contribution >= 4 is 23.3 Å². The fourth-order valence-corrected chi connectivity index (χ4v) is 2.07. The first-order valence-electron chi connectivity index (χ1n) is 6.05. The van der Waals surface area contributed by atoms with Crippen LogP contribution >= 0.6 is 0 Å². The van der Waals surface area contributed by atoms with Crippen molar-refractivity contribution in [2.45, 2.75) is 18.9 Å². The summed E-state index contributed by atoms with van der Waals surface area (Å²) >= 11 is 0. The highest BCUT2D eigenvalue weighted by molar-refractivity contribution is 5.94. The molecule has 0 radical (unpaired) electrons. The second-order valence-electron chi connectivity index (χ2n) is 4.42. The number of rotatable bonds is 4. The van der Waals surface area contributed by atoms with Crippen LogP contribution in [-0.4, -0.2) is 34.5 Å². The summed E-state index contributed by atoms with van der Waals surface area (Å²) in [6, 6.07) is 3.23. The van der Waals surface area contributed by atoms with E-state index in [-0.39, 0.29) is 5.91 Å². The van der Waals surface area contributed by atoms with Crippen molar-refractivity contribution in [3.05, 3.63) is 33.9 Å². The maximum atomic E-state index is 11.6. The fourth-order valence-electron chi connectivity index (χ4n) is 2.07. The summed E-state index contributed by atoms with van der Waals surface area (Å²) in [5.74, 6) is -1.54. The number of benzene rings is 1. The molecule has 1 heterocycles. The monoisotopic (exact) mass is 279 g/mol. The van der Waals surface area contributed by atoms with Crippen LogP contribution in [0.1, 0.15) is 23.2 Å². The quantitative estimate of drug-likeness (QED) is 0.558. The Morgan fingerprint density at radius 1 is 1.50 bits per heavy atom. The van der Waals surface area contributed by atoms with E-state index in [1.165, 1.54) is 12.1 Å². The average molecular weight is 279 g/mol. The molecular weight excluding hydrogens is 266 g/mol. The summed E-state index contributed by atoms with van der Waals surface area (Å²) in [7, 11) is 0. The van der Waals surface area contributed by atoms with E-state index in [0.717, 1.165) is 12.5 Å². The van der Waals surface area contributed by atoms with Crippen LogP contribution in [0.4, 0.5) is 11.4 Å². The predicted octanol–water partition coefficient (Wildman–Crippen LogP) is 0.983. The largest absolute Gasteiger partial charge is 0.477 e. The number of amides is 1. The Balaban J connectivity index is 2.25. The Labute approximate surface area is 113 Å². The van der Waals surface area contributed by atoms with Gasteiger partial charge in [-0.05, 0) is 25.0 Å². The van der Waals surface area contributed by atoms with Crippen molar-refractivity contribution in [2.24, 2.45) is 0 Å². The van der Waals surface area contributed by atoms with Crippen LogP contribution in [0.2, 0.25) is 0 Å². The molecule has 0 aliphatic carbocycles. The highest BCUT2D eigenvalue weighted by Gasteiger charge is 2.24. The van der Waals surface area contributed by atoms with Crippen molar-refractivity contribution in [2.75, 3.05) is 11.9 Å². The molecule has 20 heavy (non-hydrogen) atoms. The van der Waals surface area contributed by atoms with Gasteiger partial charge >= 0.3 is 5.97 Å². The van der Waals surface area contributed by atoms with Gasteiger partial charge in [0.2, 0.25) is 5.91 Å². The van der Waals surface area contributed by atoms with Crippen molar-refractivity contribution in [1.29, 1.82) is 0 Å². The Bertz CT molecular complexity index is 572. The summed E-state index contributed by atoms with van der Waals surface area (Å²) in [6.07, 6.45) is 1.45. The van der Waals surface area contributed by atoms with Crippen molar-refractivity contribution in [3.63, 3.8) is 0 Å². The lowest BCUT2D eigenvalue weighted by Gasteiger charge is -2.23. The number of nitrogens with one attached hydrogen (secondary N) is 2. The molecule has 1 aromatic carbocycles. The summed E-state index contributed by atoms with van der Waals surface area (Å²) in [6.45, 7) is 0.623. The number of carboxylic acid groups (broad SMARTS) is 1. The topological polar surface area (TPSA) is 122 Å². The number of nitro groups is 1. The summed E-state index contributed by atoms with van der Waals surface area (Å²) < 4.78 is 0. The van der Waals surface area contributed by atoms with E-state index in [1.807, 2.05) is 0 Å². The molecule has 3 N–H and O–H groups in total. The van der Waals surface area contributed by atoms with Crippen molar-refractivity contribution in [1.82, 2.24) is 5.32 Å². The van der Waals surface area contributed by atoms with Crippen LogP contribution in [0, 0.1) is 10.1 Å². The molecule has 1 amide bonds. The lowest BCUT2D eigenvalue weighted by Crippen LogP contribution is -2.44. The molecule has 1 aliphatic heterocycles. The zero-order chi connectivity index (χ0) is 14.7. The molecule has 1 unspecified atom stereocenters. The van der Waals surface area contributed by atoms with Gasteiger partial charge in [0, 0.05) is 18.3 Å².